The van der Waals surface area contributed by atoms with Crippen molar-refractivity contribution < 1.29 is 0 Å². The van der Waals surface area contributed by atoms with Crippen molar-refractivity contribution in [2.75, 3.05) is 26.7 Å². The average Bonchev–Trinajstić information content (AvgIpc) is 2.75. The van der Waals surface area contributed by atoms with E-state index in [1.807, 2.05) is 6.20 Å². The number of H-pyrrole nitrogens is 1. The van der Waals surface area contributed by atoms with Crippen LogP contribution in [-0.4, -0.2) is 41.8 Å². The van der Waals surface area contributed by atoms with Crippen LogP contribution in [0.5, 0.6) is 0 Å². The lowest BCUT2D eigenvalue weighted by Gasteiger charge is -2.07. The van der Waals surface area contributed by atoms with Crippen LogP contribution >= 0.6 is 12.2 Å². The summed E-state index contributed by atoms with van der Waals surface area (Å²) in [4.78, 5) is 7.19. The zero-order valence-corrected chi connectivity index (χ0v) is 9.66. The lowest BCUT2D eigenvalue weighted by molar-refractivity contribution is 0.657. The van der Waals surface area contributed by atoms with Crippen LogP contribution in [0.2, 0.25) is 0 Å². The summed E-state index contributed by atoms with van der Waals surface area (Å²) in [6.45, 7) is 2.64. The van der Waals surface area contributed by atoms with E-state index in [9.17, 15) is 0 Å². The van der Waals surface area contributed by atoms with Crippen molar-refractivity contribution in [3.63, 3.8) is 0 Å². The Morgan fingerprint density at radius 2 is 2.33 bits per heavy atom. The topological polar surface area (TPSA) is 64.8 Å². The van der Waals surface area contributed by atoms with Gasteiger partial charge < -0.3 is 20.9 Å². The average molecular weight is 227 g/mol. The van der Waals surface area contributed by atoms with Crippen molar-refractivity contribution in [1.29, 1.82) is 0 Å². The number of aromatic nitrogens is 2. The van der Waals surface area contributed by atoms with Crippen LogP contribution in [0, 0.1) is 0 Å². The van der Waals surface area contributed by atoms with Gasteiger partial charge in [0.2, 0.25) is 0 Å². The minimum Gasteiger partial charge on any atom is -0.366 e. The number of thiocarbonyl (C=S) groups is 1. The van der Waals surface area contributed by atoms with Gasteiger partial charge in [0.15, 0.2) is 5.11 Å². The molecule has 0 atom stereocenters. The fraction of sp³-hybridized carbons (Fsp3) is 0.556. The van der Waals surface area contributed by atoms with Gasteiger partial charge in [-0.25, -0.2) is 4.98 Å². The Labute approximate surface area is 95.1 Å². The Bertz CT molecular complexity index is 272. The van der Waals surface area contributed by atoms with Gasteiger partial charge in [0.1, 0.15) is 5.82 Å². The predicted octanol–water partition coefficient (Wildman–Crippen LogP) is -0.364. The minimum atomic E-state index is 0.683. The molecule has 0 aromatic carbocycles. The molecule has 1 rings (SSSR count). The maximum atomic E-state index is 4.93. The van der Waals surface area contributed by atoms with Gasteiger partial charge in [-0.1, -0.05) is 0 Å². The largest absolute Gasteiger partial charge is 0.366 e. The van der Waals surface area contributed by atoms with E-state index < -0.39 is 0 Å². The highest BCUT2D eigenvalue weighted by molar-refractivity contribution is 7.80. The summed E-state index contributed by atoms with van der Waals surface area (Å²) < 4.78 is 0. The minimum absolute atomic E-state index is 0.683. The highest BCUT2D eigenvalue weighted by atomic mass is 32.1. The van der Waals surface area contributed by atoms with E-state index in [2.05, 4.69) is 25.9 Å². The summed E-state index contributed by atoms with van der Waals surface area (Å²) in [5.74, 6) is 1.02. The summed E-state index contributed by atoms with van der Waals surface area (Å²) in [6.07, 6.45) is 4.52. The Morgan fingerprint density at radius 3 is 3.00 bits per heavy atom. The molecule has 0 aliphatic rings. The van der Waals surface area contributed by atoms with E-state index >= 15 is 0 Å². The van der Waals surface area contributed by atoms with E-state index in [1.165, 1.54) is 0 Å². The zero-order valence-electron chi connectivity index (χ0n) is 8.84. The summed E-state index contributed by atoms with van der Waals surface area (Å²) in [6, 6.07) is 0. The fourth-order valence-electron chi connectivity index (χ4n) is 1.12. The third-order valence-electron chi connectivity index (χ3n) is 1.91. The van der Waals surface area contributed by atoms with Crippen molar-refractivity contribution >= 4 is 17.3 Å². The lowest BCUT2D eigenvalue weighted by Crippen LogP contribution is -2.37. The van der Waals surface area contributed by atoms with Gasteiger partial charge in [0.05, 0.1) is 0 Å². The molecule has 0 aliphatic heterocycles. The molecule has 5 nitrogen and oxygen atoms in total. The van der Waals surface area contributed by atoms with Crippen LogP contribution in [0.15, 0.2) is 12.4 Å². The molecule has 6 heteroatoms. The first-order valence-electron chi connectivity index (χ1n) is 4.97. The normalized spacial score (nSPS) is 9.93. The molecule has 0 aliphatic carbocycles. The molecule has 1 aromatic rings. The standard InChI is InChI=1S/C9H17N5S/c1-10-9(15)14-5-4-11-3-2-8-12-6-7-13-8/h6-7,11H,2-5H2,1H3,(H,12,13)(H2,10,14,15). The van der Waals surface area contributed by atoms with Gasteiger partial charge in [-0.15, -0.1) is 0 Å². The van der Waals surface area contributed by atoms with E-state index in [0.717, 1.165) is 31.9 Å². The van der Waals surface area contributed by atoms with Gasteiger partial charge >= 0.3 is 0 Å². The molecule has 0 radical (unpaired) electrons. The summed E-state index contributed by atoms with van der Waals surface area (Å²) in [7, 11) is 1.81. The third-order valence-corrected chi connectivity index (χ3v) is 2.26. The second kappa shape index (κ2) is 7.19. The van der Waals surface area contributed by atoms with E-state index in [4.69, 9.17) is 12.2 Å². The first-order chi connectivity index (χ1) is 7.33. The molecule has 1 heterocycles. The maximum absolute atomic E-state index is 4.93. The predicted molar refractivity (Wildman–Crippen MR) is 64.8 cm³/mol. The molecule has 0 spiro atoms. The van der Waals surface area contributed by atoms with Crippen LogP contribution in [0.1, 0.15) is 5.82 Å². The highest BCUT2D eigenvalue weighted by Gasteiger charge is 1.94. The number of hydrogen-bond acceptors (Lipinski definition) is 3. The van der Waals surface area contributed by atoms with Gasteiger partial charge in [-0.2, -0.15) is 0 Å². The smallest absolute Gasteiger partial charge is 0.166 e. The molecular formula is C9H17N5S. The van der Waals surface area contributed by atoms with E-state index in [0.29, 0.717) is 5.11 Å². The van der Waals surface area contributed by atoms with Gasteiger partial charge in [0, 0.05) is 45.5 Å². The highest BCUT2D eigenvalue weighted by Crippen LogP contribution is 1.87. The Hall–Kier alpha value is -1.14. The summed E-state index contributed by atoms with van der Waals surface area (Å²) in [5, 5.41) is 9.89. The molecule has 15 heavy (non-hydrogen) atoms. The Morgan fingerprint density at radius 1 is 1.47 bits per heavy atom. The first kappa shape index (κ1) is 11.9. The Kier molecular flexibility index (Phi) is 5.72. The second-order valence-corrected chi connectivity index (χ2v) is 3.45. The van der Waals surface area contributed by atoms with E-state index in [-0.39, 0.29) is 0 Å². The van der Waals surface area contributed by atoms with Crippen LogP contribution < -0.4 is 16.0 Å². The van der Waals surface area contributed by atoms with Crippen molar-refractivity contribution in [1.82, 2.24) is 25.9 Å². The quantitative estimate of drug-likeness (QED) is 0.395. The number of hydrogen-bond donors (Lipinski definition) is 4. The molecule has 0 bridgehead atoms. The van der Waals surface area contributed by atoms with E-state index in [1.54, 1.807) is 13.2 Å². The zero-order chi connectivity index (χ0) is 10.9. The van der Waals surface area contributed by atoms with Gasteiger partial charge in [-0.05, 0) is 12.2 Å². The van der Waals surface area contributed by atoms with Crippen molar-refractivity contribution in [2.24, 2.45) is 0 Å². The monoisotopic (exact) mass is 227 g/mol. The summed E-state index contributed by atoms with van der Waals surface area (Å²) >= 11 is 4.93. The van der Waals surface area contributed by atoms with Gasteiger partial charge in [-0.3, -0.25) is 0 Å². The van der Waals surface area contributed by atoms with Crippen LogP contribution in [0.25, 0.3) is 0 Å². The maximum Gasteiger partial charge on any atom is 0.166 e. The molecule has 84 valence electrons. The fourth-order valence-corrected chi connectivity index (χ4v) is 1.22. The van der Waals surface area contributed by atoms with Gasteiger partial charge in [0.25, 0.3) is 0 Å². The third kappa shape index (κ3) is 5.34. The summed E-state index contributed by atoms with van der Waals surface area (Å²) in [5.41, 5.74) is 0. The molecule has 0 unspecified atom stereocenters. The Balaban J connectivity index is 1.91. The number of nitrogens with one attached hydrogen (secondary N) is 4. The molecule has 1 aromatic heterocycles. The number of imidazole rings is 1. The van der Waals surface area contributed by atoms with Crippen LogP contribution in [-0.2, 0) is 6.42 Å². The first-order valence-corrected chi connectivity index (χ1v) is 5.38. The van der Waals surface area contributed by atoms with Crippen LogP contribution in [0.3, 0.4) is 0 Å². The molecule has 0 saturated carbocycles. The van der Waals surface area contributed by atoms with Crippen molar-refractivity contribution in [3.05, 3.63) is 18.2 Å². The molecule has 0 amide bonds. The van der Waals surface area contributed by atoms with Crippen molar-refractivity contribution in [2.45, 2.75) is 6.42 Å². The molecule has 0 saturated heterocycles. The van der Waals surface area contributed by atoms with Crippen LogP contribution in [0.4, 0.5) is 0 Å². The molecular weight excluding hydrogens is 210 g/mol. The number of rotatable bonds is 6. The second-order valence-electron chi connectivity index (χ2n) is 3.04. The molecule has 0 fully saturated rings. The number of nitrogens with zero attached hydrogens (tertiary/aromatic N) is 1. The number of aromatic amines is 1. The lowest BCUT2D eigenvalue weighted by atomic mass is 10.4. The van der Waals surface area contributed by atoms with Crippen molar-refractivity contribution in [3.8, 4) is 0 Å². The molecule has 4 N–H and O–H groups in total. The SMILES string of the molecule is CNC(=S)NCCNCCc1ncc[nH]1.